The van der Waals surface area contributed by atoms with Crippen LogP contribution >= 0.6 is 0 Å². The zero-order valence-corrected chi connectivity index (χ0v) is 9.95. The molecule has 0 aromatic rings. The number of carbonyl (C=O) groups excluding carboxylic acids is 1. The highest BCUT2D eigenvalue weighted by Gasteiger charge is 2.09. The third-order valence-electron chi connectivity index (χ3n) is 2.52. The van der Waals surface area contributed by atoms with Gasteiger partial charge in [-0.2, -0.15) is 0 Å². The Kier molecular flexibility index (Phi) is 9.70. The van der Waals surface area contributed by atoms with Gasteiger partial charge in [-0.1, -0.05) is 13.3 Å². The smallest absolute Gasteiger partial charge is 0.290 e. The molecular formula is C11H22N2O3. The molecule has 16 heavy (non-hydrogen) atoms. The summed E-state index contributed by atoms with van der Waals surface area (Å²) in [5.74, 6) is 0.164. The number of piperidine rings is 1. The molecule has 94 valence electrons. The van der Waals surface area contributed by atoms with E-state index in [-0.39, 0.29) is 12.4 Å². The summed E-state index contributed by atoms with van der Waals surface area (Å²) in [6.45, 7) is 5.89. The SMILES string of the molecule is CCC(=O)NCCN1CCCCC1.O=CO. The van der Waals surface area contributed by atoms with Crippen molar-refractivity contribution in [3.05, 3.63) is 0 Å². The van der Waals surface area contributed by atoms with Gasteiger partial charge in [-0.05, 0) is 25.9 Å². The number of rotatable bonds is 4. The number of amides is 1. The fourth-order valence-corrected chi connectivity index (χ4v) is 1.66. The molecule has 1 rings (SSSR count). The molecule has 0 aromatic carbocycles. The Balaban J connectivity index is 0.000000673. The van der Waals surface area contributed by atoms with Crippen molar-refractivity contribution in [1.82, 2.24) is 10.2 Å². The lowest BCUT2D eigenvalue weighted by molar-refractivity contribution is -0.123. The van der Waals surface area contributed by atoms with Crippen molar-refractivity contribution < 1.29 is 14.7 Å². The molecule has 1 heterocycles. The summed E-state index contributed by atoms with van der Waals surface area (Å²) >= 11 is 0. The highest BCUT2D eigenvalue weighted by Crippen LogP contribution is 2.07. The van der Waals surface area contributed by atoms with E-state index in [1.165, 1.54) is 32.4 Å². The second-order valence-electron chi connectivity index (χ2n) is 3.71. The van der Waals surface area contributed by atoms with Gasteiger partial charge in [0, 0.05) is 19.5 Å². The van der Waals surface area contributed by atoms with Gasteiger partial charge >= 0.3 is 0 Å². The van der Waals surface area contributed by atoms with Gasteiger partial charge in [0.2, 0.25) is 5.91 Å². The van der Waals surface area contributed by atoms with Crippen LogP contribution in [0.4, 0.5) is 0 Å². The molecule has 0 atom stereocenters. The predicted octanol–water partition coefficient (Wildman–Crippen LogP) is 0.699. The highest BCUT2D eigenvalue weighted by molar-refractivity contribution is 5.75. The highest BCUT2D eigenvalue weighted by atomic mass is 16.3. The summed E-state index contributed by atoms with van der Waals surface area (Å²) < 4.78 is 0. The molecule has 0 radical (unpaired) electrons. The first-order chi connectivity index (χ1) is 7.74. The zero-order chi connectivity index (χ0) is 12.2. The van der Waals surface area contributed by atoms with Crippen LogP contribution in [-0.4, -0.2) is 48.6 Å². The van der Waals surface area contributed by atoms with Crippen LogP contribution in [0.15, 0.2) is 0 Å². The average molecular weight is 230 g/mol. The van der Waals surface area contributed by atoms with Crippen LogP contribution in [0.5, 0.6) is 0 Å². The van der Waals surface area contributed by atoms with Gasteiger partial charge in [-0.3, -0.25) is 9.59 Å². The summed E-state index contributed by atoms with van der Waals surface area (Å²) in [6.07, 6.45) is 4.61. The Bertz CT molecular complexity index is 192. The van der Waals surface area contributed by atoms with E-state index in [1.807, 2.05) is 6.92 Å². The van der Waals surface area contributed by atoms with E-state index in [4.69, 9.17) is 9.90 Å². The van der Waals surface area contributed by atoms with Crippen molar-refractivity contribution in [3.8, 4) is 0 Å². The summed E-state index contributed by atoms with van der Waals surface area (Å²) in [4.78, 5) is 21.7. The summed E-state index contributed by atoms with van der Waals surface area (Å²) in [5, 5.41) is 9.79. The first kappa shape index (κ1) is 14.9. The fourth-order valence-electron chi connectivity index (χ4n) is 1.66. The lowest BCUT2D eigenvalue weighted by Gasteiger charge is -2.26. The molecule has 2 N–H and O–H groups in total. The zero-order valence-electron chi connectivity index (χ0n) is 9.95. The Morgan fingerprint density at radius 2 is 1.94 bits per heavy atom. The van der Waals surface area contributed by atoms with Gasteiger partial charge in [0.15, 0.2) is 0 Å². The molecule has 5 nitrogen and oxygen atoms in total. The number of nitrogens with one attached hydrogen (secondary N) is 1. The van der Waals surface area contributed by atoms with Crippen LogP contribution in [-0.2, 0) is 9.59 Å². The summed E-state index contributed by atoms with van der Waals surface area (Å²) in [5.41, 5.74) is 0. The first-order valence-corrected chi connectivity index (χ1v) is 5.81. The maximum Gasteiger partial charge on any atom is 0.290 e. The van der Waals surface area contributed by atoms with Gasteiger partial charge in [-0.15, -0.1) is 0 Å². The molecular weight excluding hydrogens is 208 g/mol. The van der Waals surface area contributed by atoms with E-state index in [1.54, 1.807) is 0 Å². The second-order valence-corrected chi connectivity index (χ2v) is 3.71. The Morgan fingerprint density at radius 3 is 2.44 bits per heavy atom. The molecule has 0 saturated carbocycles. The Hall–Kier alpha value is -1.10. The Morgan fingerprint density at radius 1 is 1.38 bits per heavy atom. The van der Waals surface area contributed by atoms with E-state index in [9.17, 15) is 4.79 Å². The number of nitrogens with zero attached hydrogens (tertiary/aromatic N) is 1. The van der Waals surface area contributed by atoms with Crippen LogP contribution < -0.4 is 5.32 Å². The molecule has 5 heteroatoms. The van der Waals surface area contributed by atoms with Crippen LogP contribution in [0.1, 0.15) is 32.6 Å². The minimum atomic E-state index is -0.250. The fraction of sp³-hybridized carbons (Fsp3) is 0.818. The van der Waals surface area contributed by atoms with Crippen LogP contribution in [0, 0.1) is 0 Å². The van der Waals surface area contributed by atoms with Crippen molar-refractivity contribution in [2.24, 2.45) is 0 Å². The number of hydrogen-bond acceptors (Lipinski definition) is 3. The minimum absolute atomic E-state index is 0.164. The largest absolute Gasteiger partial charge is 0.483 e. The topological polar surface area (TPSA) is 69.6 Å². The van der Waals surface area contributed by atoms with Gasteiger partial charge in [-0.25, -0.2) is 0 Å². The van der Waals surface area contributed by atoms with Crippen LogP contribution in [0.3, 0.4) is 0 Å². The molecule has 0 aliphatic carbocycles. The van der Waals surface area contributed by atoms with Crippen LogP contribution in [0.2, 0.25) is 0 Å². The minimum Gasteiger partial charge on any atom is -0.483 e. The van der Waals surface area contributed by atoms with Crippen molar-refractivity contribution in [2.45, 2.75) is 32.6 Å². The quantitative estimate of drug-likeness (QED) is 0.697. The average Bonchev–Trinajstić information content (AvgIpc) is 2.31. The molecule has 0 aromatic heterocycles. The molecule has 1 saturated heterocycles. The molecule has 1 fully saturated rings. The van der Waals surface area contributed by atoms with Crippen molar-refractivity contribution >= 4 is 12.4 Å². The van der Waals surface area contributed by atoms with E-state index in [0.29, 0.717) is 6.42 Å². The molecule has 1 aliphatic heterocycles. The standard InChI is InChI=1S/C10H20N2O.CH2O2/c1-2-10(13)11-6-9-12-7-4-3-5-8-12;2-1-3/h2-9H2,1H3,(H,11,13);1H,(H,2,3). The molecule has 1 amide bonds. The van der Waals surface area contributed by atoms with Crippen LogP contribution in [0.25, 0.3) is 0 Å². The lowest BCUT2D eigenvalue weighted by atomic mass is 10.1. The lowest BCUT2D eigenvalue weighted by Crippen LogP contribution is -2.37. The molecule has 0 spiro atoms. The summed E-state index contributed by atoms with van der Waals surface area (Å²) in [7, 11) is 0. The Labute approximate surface area is 96.8 Å². The molecule has 1 aliphatic rings. The van der Waals surface area contributed by atoms with Crippen molar-refractivity contribution in [2.75, 3.05) is 26.2 Å². The number of hydrogen-bond donors (Lipinski definition) is 2. The first-order valence-electron chi connectivity index (χ1n) is 5.81. The number of carboxylic acid groups (broad SMARTS) is 1. The van der Waals surface area contributed by atoms with E-state index in [2.05, 4.69) is 10.2 Å². The monoisotopic (exact) mass is 230 g/mol. The van der Waals surface area contributed by atoms with Crippen molar-refractivity contribution in [1.29, 1.82) is 0 Å². The van der Waals surface area contributed by atoms with Gasteiger partial charge < -0.3 is 15.3 Å². The van der Waals surface area contributed by atoms with E-state index >= 15 is 0 Å². The maximum atomic E-state index is 10.9. The van der Waals surface area contributed by atoms with E-state index in [0.717, 1.165) is 13.1 Å². The predicted molar refractivity (Wildman–Crippen MR) is 62.3 cm³/mol. The number of likely N-dealkylation sites (tertiary alicyclic amines) is 1. The molecule has 0 bridgehead atoms. The van der Waals surface area contributed by atoms with Crippen molar-refractivity contribution in [3.63, 3.8) is 0 Å². The third-order valence-corrected chi connectivity index (χ3v) is 2.52. The molecule has 0 unspecified atom stereocenters. The van der Waals surface area contributed by atoms with Gasteiger partial charge in [0.1, 0.15) is 0 Å². The van der Waals surface area contributed by atoms with Gasteiger partial charge in [0.05, 0.1) is 0 Å². The second kappa shape index (κ2) is 10.4. The van der Waals surface area contributed by atoms with E-state index < -0.39 is 0 Å². The third kappa shape index (κ3) is 8.23. The maximum absolute atomic E-state index is 10.9. The number of carbonyl (C=O) groups is 2. The summed E-state index contributed by atoms with van der Waals surface area (Å²) in [6, 6.07) is 0. The normalized spacial score (nSPS) is 15.8. The van der Waals surface area contributed by atoms with Gasteiger partial charge in [0.25, 0.3) is 6.47 Å².